The van der Waals surface area contributed by atoms with Gasteiger partial charge >= 0.3 is 10.4 Å². The fraction of sp³-hybridized carbons (Fsp3) is 0.667. The molecular weight excluding hydrogens is 185 g/mol. The first kappa shape index (κ1) is 9.64. The average Bonchev–Trinajstić information content (AvgIpc) is 1.59. The standard InChI is InChI=1S/C3H5ClFNO3S/c1-2-9-3(4)6-10(5,7)8/h2H2,1H3/b6-3+. The molecule has 0 bridgehead atoms. The highest BCUT2D eigenvalue weighted by Crippen LogP contribution is 1.97. The third-order valence-electron chi connectivity index (χ3n) is 0.444. The van der Waals surface area contributed by atoms with Gasteiger partial charge in [0.1, 0.15) is 0 Å². The molecular formula is C3H5ClFNO3S. The molecule has 0 amide bonds. The predicted molar refractivity (Wildman–Crippen MR) is 34.9 cm³/mol. The lowest BCUT2D eigenvalue weighted by Gasteiger charge is -1.94. The number of halogens is 2. The summed E-state index contributed by atoms with van der Waals surface area (Å²) in [6.45, 7) is 1.70. The van der Waals surface area contributed by atoms with Crippen molar-refractivity contribution < 1.29 is 17.0 Å². The fourth-order valence-electron chi connectivity index (χ4n) is 0.231. The zero-order valence-electron chi connectivity index (χ0n) is 5.04. The van der Waals surface area contributed by atoms with Crippen molar-refractivity contribution in [2.24, 2.45) is 4.40 Å². The quantitative estimate of drug-likeness (QED) is 0.367. The largest absolute Gasteiger partial charge is 0.469 e. The van der Waals surface area contributed by atoms with Crippen LogP contribution in [-0.2, 0) is 15.1 Å². The minimum Gasteiger partial charge on any atom is -0.469 e. The van der Waals surface area contributed by atoms with E-state index in [1.54, 1.807) is 6.92 Å². The number of nitrogens with zero attached hydrogens (tertiary/aromatic N) is 1. The summed E-state index contributed by atoms with van der Waals surface area (Å²) in [6.07, 6.45) is 0. The van der Waals surface area contributed by atoms with Crippen LogP contribution in [0.25, 0.3) is 0 Å². The molecule has 0 heterocycles. The topological polar surface area (TPSA) is 55.7 Å². The average molecular weight is 190 g/mol. The van der Waals surface area contributed by atoms with Gasteiger partial charge in [0.25, 0.3) is 5.36 Å². The van der Waals surface area contributed by atoms with E-state index >= 15 is 0 Å². The number of ether oxygens (including phenoxy) is 1. The highest BCUT2D eigenvalue weighted by atomic mass is 35.5. The second-order valence-electron chi connectivity index (χ2n) is 1.19. The molecule has 0 aliphatic heterocycles. The number of rotatable bonds is 2. The highest BCUT2D eigenvalue weighted by molar-refractivity contribution is 7.85. The Labute approximate surface area is 63.0 Å². The minimum absolute atomic E-state index is 0.137. The third-order valence-corrected chi connectivity index (χ3v) is 1.12. The Morgan fingerprint density at radius 2 is 2.30 bits per heavy atom. The molecule has 7 heteroatoms. The maximum Gasteiger partial charge on any atom is 0.422 e. The maximum atomic E-state index is 11.6. The van der Waals surface area contributed by atoms with Crippen LogP contribution >= 0.6 is 11.6 Å². The molecule has 0 atom stereocenters. The molecule has 0 rings (SSSR count). The molecule has 0 N–H and O–H groups in total. The molecule has 0 aromatic rings. The Hall–Kier alpha value is -0.360. The molecule has 0 aromatic carbocycles. The van der Waals surface area contributed by atoms with Gasteiger partial charge in [0, 0.05) is 0 Å². The number of hydrogen-bond acceptors (Lipinski definition) is 3. The summed E-state index contributed by atoms with van der Waals surface area (Å²) in [7, 11) is -4.91. The summed E-state index contributed by atoms with van der Waals surface area (Å²) in [5.41, 5.74) is 0. The number of hydrogen-bond donors (Lipinski definition) is 0. The predicted octanol–water partition coefficient (Wildman–Crippen LogP) is 0.832. The van der Waals surface area contributed by atoms with E-state index in [4.69, 9.17) is 11.6 Å². The molecule has 0 fully saturated rings. The van der Waals surface area contributed by atoms with Gasteiger partial charge in [0.15, 0.2) is 0 Å². The van der Waals surface area contributed by atoms with Gasteiger partial charge < -0.3 is 4.74 Å². The summed E-state index contributed by atoms with van der Waals surface area (Å²) < 4.78 is 37.7. The fourth-order valence-corrected chi connectivity index (χ4v) is 0.812. The van der Waals surface area contributed by atoms with Gasteiger partial charge in [-0.3, -0.25) is 0 Å². The van der Waals surface area contributed by atoms with Gasteiger partial charge in [-0.05, 0) is 18.5 Å². The van der Waals surface area contributed by atoms with E-state index < -0.39 is 15.8 Å². The SMILES string of the molecule is CCO/C(Cl)=N/S(=O)(=O)F. The third kappa shape index (κ3) is 5.77. The molecule has 0 aromatic heterocycles. The maximum absolute atomic E-state index is 11.6. The van der Waals surface area contributed by atoms with Crippen LogP contribution in [0.4, 0.5) is 3.89 Å². The second kappa shape index (κ2) is 3.72. The molecule has 0 aliphatic rings. The molecule has 60 valence electrons. The summed E-state index contributed by atoms with van der Waals surface area (Å²) in [5, 5.41) is -0.718. The van der Waals surface area contributed by atoms with Crippen LogP contribution in [-0.4, -0.2) is 20.4 Å². The monoisotopic (exact) mass is 189 g/mol. The van der Waals surface area contributed by atoms with E-state index in [1.165, 1.54) is 0 Å². The minimum atomic E-state index is -4.91. The van der Waals surface area contributed by atoms with Crippen LogP contribution in [0.1, 0.15) is 6.92 Å². The summed E-state index contributed by atoms with van der Waals surface area (Å²) >= 11 is 4.97. The van der Waals surface area contributed by atoms with Crippen molar-refractivity contribution >= 4 is 27.4 Å². The van der Waals surface area contributed by atoms with Crippen LogP contribution < -0.4 is 0 Å². The highest BCUT2D eigenvalue weighted by Gasteiger charge is 2.05. The molecule has 0 saturated carbocycles. The van der Waals surface area contributed by atoms with E-state index in [0.717, 1.165) is 0 Å². The summed E-state index contributed by atoms with van der Waals surface area (Å²) in [6, 6.07) is 0. The van der Waals surface area contributed by atoms with Gasteiger partial charge in [-0.15, -0.1) is 0 Å². The zero-order chi connectivity index (χ0) is 8.20. The Bertz CT molecular complexity index is 224. The first-order valence-electron chi connectivity index (χ1n) is 2.28. The van der Waals surface area contributed by atoms with Gasteiger partial charge in [-0.1, -0.05) is 8.28 Å². The van der Waals surface area contributed by atoms with Gasteiger partial charge in [-0.25, -0.2) is 0 Å². The van der Waals surface area contributed by atoms with E-state index in [2.05, 4.69) is 9.13 Å². The zero-order valence-corrected chi connectivity index (χ0v) is 6.62. The van der Waals surface area contributed by atoms with Crippen LogP contribution in [0.2, 0.25) is 0 Å². The Morgan fingerprint density at radius 3 is 2.60 bits per heavy atom. The molecule has 4 nitrogen and oxygen atoms in total. The Kier molecular flexibility index (Phi) is 3.59. The van der Waals surface area contributed by atoms with Crippen LogP contribution in [0, 0.1) is 0 Å². The van der Waals surface area contributed by atoms with Crippen molar-refractivity contribution in [3.63, 3.8) is 0 Å². The molecule has 0 aliphatic carbocycles. The van der Waals surface area contributed by atoms with Crippen molar-refractivity contribution in [2.75, 3.05) is 6.61 Å². The normalized spacial score (nSPS) is 13.3. The molecule has 10 heavy (non-hydrogen) atoms. The molecule has 0 spiro atoms. The van der Waals surface area contributed by atoms with Crippen molar-refractivity contribution in [2.45, 2.75) is 6.92 Å². The lowest BCUT2D eigenvalue weighted by atomic mass is 10.9. The summed E-state index contributed by atoms with van der Waals surface area (Å²) in [4.78, 5) is 0. The lowest BCUT2D eigenvalue weighted by Crippen LogP contribution is -1.98. The van der Waals surface area contributed by atoms with Crippen molar-refractivity contribution in [1.29, 1.82) is 0 Å². The Balaban J connectivity index is 4.18. The summed E-state index contributed by atoms with van der Waals surface area (Å²) in [5.74, 6) is 0. The van der Waals surface area contributed by atoms with E-state index in [1.807, 2.05) is 0 Å². The van der Waals surface area contributed by atoms with Crippen molar-refractivity contribution in [3.8, 4) is 0 Å². The molecule has 0 saturated heterocycles. The van der Waals surface area contributed by atoms with Crippen LogP contribution in [0.15, 0.2) is 4.40 Å². The van der Waals surface area contributed by atoms with Gasteiger partial charge in [0.2, 0.25) is 0 Å². The van der Waals surface area contributed by atoms with Gasteiger partial charge in [0.05, 0.1) is 6.61 Å². The van der Waals surface area contributed by atoms with Crippen molar-refractivity contribution in [3.05, 3.63) is 0 Å². The molecule has 0 unspecified atom stereocenters. The smallest absolute Gasteiger partial charge is 0.422 e. The van der Waals surface area contributed by atoms with Crippen molar-refractivity contribution in [1.82, 2.24) is 0 Å². The second-order valence-corrected chi connectivity index (χ2v) is 2.52. The van der Waals surface area contributed by atoms with Crippen LogP contribution in [0.5, 0.6) is 0 Å². The van der Waals surface area contributed by atoms with E-state index in [0.29, 0.717) is 0 Å². The van der Waals surface area contributed by atoms with E-state index in [-0.39, 0.29) is 6.61 Å². The Morgan fingerprint density at radius 1 is 1.80 bits per heavy atom. The van der Waals surface area contributed by atoms with Gasteiger partial charge in [-0.2, -0.15) is 8.42 Å². The lowest BCUT2D eigenvalue weighted by molar-refractivity contribution is 0.337. The van der Waals surface area contributed by atoms with Crippen LogP contribution in [0.3, 0.4) is 0 Å². The molecule has 0 radical (unpaired) electrons. The first-order chi connectivity index (χ1) is 4.45. The van der Waals surface area contributed by atoms with E-state index in [9.17, 15) is 12.3 Å². The first-order valence-corrected chi connectivity index (χ1v) is 4.00.